The van der Waals surface area contributed by atoms with Crippen LogP contribution in [-0.4, -0.2) is 44.9 Å². The molecular formula is C8H18N2O4S. The van der Waals surface area contributed by atoms with Gasteiger partial charge in [-0.25, -0.2) is 13.1 Å². The van der Waals surface area contributed by atoms with Crippen molar-refractivity contribution in [3.63, 3.8) is 0 Å². The Kier molecular flexibility index (Phi) is 6.46. The van der Waals surface area contributed by atoms with Crippen LogP contribution in [0.2, 0.25) is 0 Å². The van der Waals surface area contributed by atoms with Gasteiger partial charge in [-0.15, -0.1) is 0 Å². The molecule has 0 aliphatic rings. The molecule has 0 aliphatic heterocycles. The molecule has 0 rings (SSSR count). The lowest BCUT2D eigenvalue weighted by atomic mass is 10.2. The highest BCUT2D eigenvalue weighted by molar-refractivity contribution is 7.89. The molecule has 15 heavy (non-hydrogen) atoms. The van der Waals surface area contributed by atoms with Crippen LogP contribution in [0.5, 0.6) is 0 Å². The first kappa shape index (κ1) is 14.3. The first-order valence-electron chi connectivity index (χ1n) is 4.74. The zero-order chi connectivity index (χ0) is 11.9. The Labute approximate surface area is 90.1 Å². The first-order chi connectivity index (χ1) is 6.87. The van der Waals surface area contributed by atoms with Crippen molar-refractivity contribution in [2.24, 2.45) is 0 Å². The average molecular weight is 238 g/mol. The molecule has 0 bridgehead atoms. The third kappa shape index (κ3) is 8.34. The molecule has 0 fully saturated rings. The number of aliphatic carboxylic acids is 1. The van der Waals surface area contributed by atoms with E-state index in [0.717, 1.165) is 0 Å². The van der Waals surface area contributed by atoms with E-state index in [1.807, 2.05) is 6.92 Å². The molecule has 0 aromatic heterocycles. The Balaban J connectivity index is 3.64. The van der Waals surface area contributed by atoms with Crippen molar-refractivity contribution in [1.82, 2.24) is 10.0 Å². The molecule has 3 N–H and O–H groups in total. The molecule has 7 heteroatoms. The van der Waals surface area contributed by atoms with E-state index in [1.54, 1.807) is 0 Å². The van der Waals surface area contributed by atoms with Gasteiger partial charge in [0.1, 0.15) is 0 Å². The molecule has 0 radical (unpaired) electrons. The second-order valence-electron chi connectivity index (χ2n) is 3.31. The van der Waals surface area contributed by atoms with Gasteiger partial charge in [0.25, 0.3) is 0 Å². The molecule has 0 aromatic rings. The number of carboxylic acid groups (broad SMARTS) is 1. The molecule has 0 saturated heterocycles. The van der Waals surface area contributed by atoms with Gasteiger partial charge in [-0.05, 0) is 20.4 Å². The Morgan fingerprint density at radius 1 is 1.47 bits per heavy atom. The van der Waals surface area contributed by atoms with E-state index in [9.17, 15) is 13.2 Å². The summed E-state index contributed by atoms with van der Waals surface area (Å²) in [6.45, 7) is 2.15. The minimum atomic E-state index is -3.18. The maximum Gasteiger partial charge on any atom is 0.303 e. The lowest BCUT2D eigenvalue weighted by Gasteiger charge is -2.12. The Morgan fingerprint density at radius 3 is 2.53 bits per heavy atom. The molecule has 0 saturated carbocycles. The van der Waals surface area contributed by atoms with E-state index in [2.05, 4.69) is 10.0 Å². The summed E-state index contributed by atoms with van der Waals surface area (Å²) >= 11 is 0. The van der Waals surface area contributed by atoms with Gasteiger partial charge in [0.15, 0.2) is 0 Å². The normalized spacial score (nSPS) is 13.7. The van der Waals surface area contributed by atoms with Crippen molar-refractivity contribution in [1.29, 1.82) is 0 Å². The molecule has 0 amide bonds. The molecule has 6 nitrogen and oxygen atoms in total. The molecule has 0 spiro atoms. The van der Waals surface area contributed by atoms with Gasteiger partial charge in [-0.1, -0.05) is 0 Å². The van der Waals surface area contributed by atoms with Crippen LogP contribution in [0.3, 0.4) is 0 Å². The van der Waals surface area contributed by atoms with E-state index in [4.69, 9.17) is 5.11 Å². The number of hydrogen-bond acceptors (Lipinski definition) is 4. The van der Waals surface area contributed by atoms with Gasteiger partial charge < -0.3 is 10.4 Å². The van der Waals surface area contributed by atoms with Gasteiger partial charge in [-0.2, -0.15) is 0 Å². The standard InChI is InChI=1S/C8H18N2O4S/c1-7(3-4-8(11)12)10-5-6-15(13,14)9-2/h7,9-10H,3-6H2,1-2H3,(H,11,12). The van der Waals surface area contributed by atoms with Gasteiger partial charge >= 0.3 is 5.97 Å². The lowest BCUT2D eigenvalue weighted by Crippen LogP contribution is -2.34. The average Bonchev–Trinajstić information content (AvgIpc) is 2.14. The van der Waals surface area contributed by atoms with Gasteiger partial charge in [-0.3, -0.25) is 4.79 Å². The molecule has 1 unspecified atom stereocenters. The van der Waals surface area contributed by atoms with Crippen LogP contribution in [0.15, 0.2) is 0 Å². The molecule has 1 atom stereocenters. The fraction of sp³-hybridized carbons (Fsp3) is 0.875. The number of rotatable bonds is 8. The summed E-state index contributed by atoms with van der Waals surface area (Å²) < 4.78 is 24.2. The summed E-state index contributed by atoms with van der Waals surface area (Å²) in [7, 11) is -1.81. The predicted octanol–water partition coefficient (Wildman–Crippen LogP) is -0.621. The Bertz CT molecular complexity index is 289. The van der Waals surface area contributed by atoms with E-state index in [1.165, 1.54) is 7.05 Å². The monoisotopic (exact) mass is 238 g/mol. The van der Waals surface area contributed by atoms with Crippen LogP contribution >= 0.6 is 0 Å². The van der Waals surface area contributed by atoms with Gasteiger partial charge in [0.05, 0.1) is 5.75 Å². The molecule has 90 valence electrons. The minimum absolute atomic E-state index is 0.000904. The van der Waals surface area contributed by atoms with Crippen molar-refractivity contribution in [3.05, 3.63) is 0 Å². The van der Waals surface area contributed by atoms with Gasteiger partial charge in [0, 0.05) is 19.0 Å². The number of sulfonamides is 1. The topological polar surface area (TPSA) is 95.5 Å². The zero-order valence-electron chi connectivity index (χ0n) is 8.99. The fourth-order valence-electron chi connectivity index (χ4n) is 0.984. The lowest BCUT2D eigenvalue weighted by molar-refractivity contribution is -0.137. The van der Waals surface area contributed by atoms with Crippen LogP contribution in [0.1, 0.15) is 19.8 Å². The number of carbonyl (C=O) groups is 1. The van der Waals surface area contributed by atoms with Crippen LogP contribution in [0.4, 0.5) is 0 Å². The maximum atomic E-state index is 11.0. The SMILES string of the molecule is CNS(=O)(=O)CCNC(C)CCC(=O)O. The Hall–Kier alpha value is -0.660. The van der Waals surface area contributed by atoms with Crippen molar-refractivity contribution >= 4 is 16.0 Å². The van der Waals surface area contributed by atoms with Crippen LogP contribution in [-0.2, 0) is 14.8 Å². The van der Waals surface area contributed by atoms with Crippen LogP contribution in [0, 0.1) is 0 Å². The smallest absolute Gasteiger partial charge is 0.303 e. The molecule has 0 heterocycles. The second kappa shape index (κ2) is 6.76. The highest BCUT2D eigenvalue weighted by Crippen LogP contribution is 1.95. The summed E-state index contributed by atoms with van der Waals surface area (Å²) in [4.78, 5) is 10.2. The fourth-order valence-corrected chi connectivity index (χ4v) is 1.57. The van der Waals surface area contributed by atoms with E-state index < -0.39 is 16.0 Å². The van der Waals surface area contributed by atoms with Crippen molar-refractivity contribution in [2.75, 3.05) is 19.3 Å². The molecule has 0 aromatic carbocycles. The summed E-state index contributed by atoms with van der Waals surface area (Å²) in [5.74, 6) is -0.840. The summed E-state index contributed by atoms with van der Waals surface area (Å²) in [5, 5.41) is 11.4. The van der Waals surface area contributed by atoms with Crippen LogP contribution < -0.4 is 10.0 Å². The highest BCUT2D eigenvalue weighted by atomic mass is 32.2. The van der Waals surface area contributed by atoms with Crippen molar-refractivity contribution in [2.45, 2.75) is 25.8 Å². The molecule has 0 aliphatic carbocycles. The number of carboxylic acids is 1. The van der Waals surface area contributed by atoms with E-state index in [-0.39, 0.29) is 18.2 Å². The summed E-state index contributed by atoms with van der Waals surface area (Å²) in [6.07, 6.45) is 0.585. The third-order valence-corrected chi connectivity index (χ3v) is 3.33. The predicted molar refractivity (Wildman–Crippen MR) is 57.2 cm³/mol. The number of nitrogens with one attached hydrogen (secondary N) is 2. The summed E-state index contributed by atoms with van der Waals surface area (Å²) in [6, 6.07) is 0.00755. The quantitative estimate of drug-likeness (QED) is 0.524. The first-order valence-corrected chi connectivity index (χ1v) is 6.39. The largest absolute Gasteiger partial charge is 0.481 e. The Morgan fingerprint density at radius 2 is 2.07 bits per heavy atom. The van der Waals surface area contributed by atoms with Crippen molar-refractivity contribution < 1.29 is 18.3 Å². The number of hydrogen-bond donors (Lipinski definition) is 3. The third-order valence-electron chi connectivity index (χ3n) is 1.97. The summed E-state index contributed by atoms with van der Waals surface area (Å²) in [5.41, 5.74) is 0. The second-order valence-corrected chi connectivity index (χ2v) is 5.36. The van der Waals surface area contributed by atoms with Crippen molar-refractivity contribution in [3.8, 4) is 0 Å². The minimum Gasteiger partial charge on any atom is -0.481 e. The maximum absolute atomic E-state index is 11.0. The van der Waals surface area contributed by atoms with Gasteiger partial charge in [0.2, 0.25) is 10.0 Å². The zero-order valence-corrected chi connectivity index (χ0v) is 9.80. The van der Waals surface area contributed by atoms with Crippen LogP contribution in [0.25, 0.3) is 0 Å². The van der Waals surface area contributed by atoms with E-state index in [0.29, 0.717) is 13.0 Å². The molecular weight excluding hydrogens is 220 g/mol. The highest BCUT2D eigenvalue weighted by Gasteiger charge is 2.08. The van der Waals surface area contributed by atoms with E-state index >= 15 is 0 Å².